The largest absolute Gasteiger partial charge is 0.454 e. The Bertz CT molecular complexity index is 996. The molecular formula is C17H13F3N4O3. The van der Waals surface area contributed by atoms with Gasteiger partial charge in [-0.1, -0.05) is 6.07 Å². The predicted octanol–water partition coefficient (Wildman–Crippen LogP) is 3.05. The van der Waals surface area contributed by atoms with Crippen LogP contribution in [0.15, 0.2) is 29.5 Å². The van der Waals surface area contributed by atoms with Crippen molar-refractivity contribution in [2.24, 2.45) is 0 Å². The van der Waals surface area contributed by atoms with Gasteiger partial charge in [0.25, 0.3) is 5.82 Å². The highest BCUT2D eigenvalue weighted by Crippen LogP contribution is 2.43. The van der Waals surface area contributed by atoms with Crippen molar-refractivity contribution in [3.63, 3.8) is 0 Å². The molecule has 1 aromatic heterocycles. The number of anilines is 1. The molecule has 0 radical (unpaired) electrons. The molecule has 1 atom stereocenters. The summed E-state index contributed by atoms with van der Waals surface area (Å²) in [6.45, 7) is 0.0741. The molecule has 0 amide bonds. The van der Waals surface area contributed by atoms with Gasteiger partial charge in [0.15, 0.2) is 17.3 Å². The highest BCUT2D eigenvalue weighted by atomic mass is 19.4. The molecule has 2 aromatic rings. The quantitative estimate of drug-likeness (QED) is 0.822. The summed E-state index contributed by atoms with van der Waals surface area (Å²) in [5.41, 5.74) is 1.61. The molecule has 1 N–H and O–H groups in total. The monoisotopic (exact) mass is 378 g/mol. The molecule has 27 heavy (non-hydrogen) atoms. The summed E-state index contributed by atoms with van der Waals surface area (Å²) in [4.78, 5) is 16.2. The second-order valence-electron chi connectivity index (χ2n) is 6.51. The number of nitrogens with zero attached hydrogens (tertiary/aromatic N) is 3. The molecule has 0 bridgehead atoms. The Kier molecular flexibility index (Phi) is 3.28. The van der Waals surface area contributed by atoms with E-state index in [0.29, 0.717) is 47.6 Å². The summed E-state index contributed by atoms with van der Waals surface area (Å²) in [6, 6.07) is 4.24. The molecule has 1 aromatic carbocycles. The zero-order chi connectivity index (χ0) is 18.8. The smallest absolute Gasteiger partial charge is 0.453 e. The van der Waals surface area contributed by atoms with E-state index in [0.717, 1.165) is 4.68 Å². The Labute approximate surface area is 150 Å². The molecule has 5 rings (SSSR count). The number of aromatic nitrogens is 3. The number of carbonyl (C=O) groups is 1. The Morgan fingerprint density at radius 3 is 2.81 bits per heavy atom. The number of Topliss-reactive ketones (excluding diaryl/α,β-unsaturated/α-hetero) is 1. The van der Waals surface area contributed by atoms with Crippen LogP contribution in [0.1, 0.15) is 36.7 Å². The van der Waals surface area contributed by atoms with Crippen molar-refractivity contribution in [2.45, 2.75) is 31.5 Å². The van der Waals surface area contributed by atoms with E-state index in [4.69, 9.17) is 9.47 Å². The van der Waals surface area contributed by atoms with E-state index in [1.54, 1.807) is 18.2 Å². The Morgan fingerprint density at radius 1 is 1.19 bits per heavy atom. The molecule has 3 heterocycles. The van der Waals surface area contributed by atoms with Crippen molar-refractivity contribution >= 4 is 11.7 Å². The van der Waals surface area contributed by atoms with Crippen molar-refractivity contribution in [2.75, 3.05) is 12.1 Å². The number of carbonyl (C=O) groups excluding carboxylic acids is 1. The fourth-order valence-corrected chi connectivity index (χ4v) is 3.67. The molecule has 0 spiro atoms. The molecule has 0 saturated carbocycles. The standard InChI is InChI=1S/C17H13F3N4O3/c18-17(19,20)15-22-16-21-9-2-1-3-10(25)13(9)14(24(16)23-15)8-4-5-11-12(6-8)27-7-26-11/h4-6,14H,1-3,7H2,(H,21,22,23). The molecule has 1 aliphatic carbocycles. The summed E-state index contributed by atoms with van der Waals surface area (Å²) in [5, 5.41) is 6.52. The summed E-state index contributed by atoms with van der Waals surface area (Å²) in [6.07, 6.45) is -3.14. The van der Waals surface area contributed by atoms with Crippen LogP contribution in [0.5, 0.6) is 11.5 Å². The van der Waals surface area contributed by atoms with Crippen molar-refractivity contribution < 1.29 is 27.4 Å². The summed E-state index contributed by atoms with van der Waals surface area (Å²) >= 11 is 0. The number of rotatable bonds is 1. The third-order valence-corrected chi connectivity index (χ3v) is 4.83. The summed E-state index contributed by atoms with van der Waals surface area (Å²) in [5.74, 6) is -0.358. The number of fused-ring (bicyclic) bond motifs is 2. The number of nitrogens with one attached hydrogen (secondary N) is 1. The van der Waals surface area contributed by atoms with Gasteiger partial charge in [0.05, 0.1) is 0 Å². The maximum absolute atomic E-state index is 13.1. The number of halogens is 3. The first-order valence-electron chi connectivity index (χ1n) is 8.38. The number of hydrogen-bond donors (Lipinski definition) is 1. The lowest BCUT2D eigenvalue weighted by atomic mass is 9.85. The Hall–Kier alpha value is -3.04. The SMILES string of the molecule is O=C1CCCC2=C1C(c1ccc3c(c1)OCO3)n1nc(C(F)(F)F)nc1N2. The number of benzene rings is 1. The van der Waals surface area contributed by atoms with Gasteiger partial charge in [0.1, 0.15) is 6.04 Å². The van der Waals surface area contributed by atoms with Gasteiger partial charge in [-0.2, -0.15) is 18.2 Å². The van der Waals surface area contributed by atoms with Gasteiger partial charge in [-0.05, 0) is 30.5 Å². The van der Waals surface area contributed by atoms with E-state index in [1.165, 1.54) is 0 Å². The lowest BCUT2D eigenvalue weighted by molar-refractivity contribution is -0.145. The molecule has 3 aliphatic rings. The van der Waals surface area contributed by atoms with Gasteiger partial charge in [0, 0.05) is 17.7 Å². The fraction of sp³-hybridized carbons (Fsp3) is 0.353. The first-order chi connectivity index (χ1) is 12.9. The minimum absolute atomic E-state index is 0.0292. The molecule has 1 unspecified atom stereocenters. The molecule has 0 fully saturated rings. The molecule has 140 valence electrons. The number of hydrogen-bond acceptors (Lipinski definition) is 6. The van der Waals surface area contributed by atoms with Gasteiger partial charge < -0.3 is 14.8 Å². The number of alkyl halides is 3. The average molecular weight is 378 g/mol. The third-order valence-electron chi connectivity index (χ3n) is 4.83. The molecule has 10 heteroatoms. The highest BCUT2D eigenvalue weighted by molar-refractivity contribution is 5.99. The van der Waals surface area contributed by atoms with E-state index in [-0.39, 0.29) is 18.5 Å². The number of allylic oxidation sites excluding steroid dienone is 2. The van der Waals surface area contributed by atoms with Gasteiger partial charge in [0.2, 0.25) is 12.7 Å². The maximum Gasteiger partial charge on any atom is 0.453 e. The van der Waals surface area contributed by atoms with Crippen LogP contribution in [-0.4, -0.2) is 27.3 Å². The Morgan fingerprint density at radius 2 is 2.00 bits per heavy atom. The van der Waals surface area contributed by atoms with Crippen LogP contribution in [0.4, 0.5) is 19.1 Å². The number of ether oxygens (including phenoxy) is 2. The van der Waals surface area contributed by atoms with E-state index >= 15 is 0 Å². The molecule has 7 nitrogen and oxygen atoms in total. The van der Waals surface area contributed by atoms with Crippen LogP contribution in [0.2, 0.25) is 0 Å². The van der Waals surface area contributed by atoms with Crippen LogP contribution < -0.4 is 14.8 Å². The minimum Gasteiger partial charge on any atom is -0.454 e. The van der Waals surface area contributed by atoms with Crippen LogP contribution >= 0.6 is 0 Å². The summed E-state index contributed by atoms with van der Waals surface area (Å²) < 4.78 is 51.2. The predicted molar refractivity (Wildman–Crippen MR) is 85.2 cm³/mol. The van der Waals surface area contributed by atoms with Gasteiger partial charge in [-0.3, -0.25) is 4.79 Å². The van der Waals surface area contributed by atoms with Gasteiger partial charge in [-0.15, -0.1) is 5.10 Å². The number of ketones is 1. The first kappa shape index (κ1) is 16.2. The molecule has 0 saturated heterocycles. The second kappa shape index (κ2) is 5.48. The van der Waals surface area contributed by atoms with Crippen molar-refractivity contribution in [1.82, 2.24) is 14.8 Å². The van der Waals surface area contributed by atoms with E-state index in [1.807, 2.05) is 0 Å². The van der Waals surface area contributed by atoms with E-state index < -0.39 is 18.0 Å². The van der Waals surface area contributed by atoms with Gasteiger partial charge >= 0.3 is 6.18 Å². The molecule has 2 aliphatic heterocycles. The van der Waals surface area contributed by atoms with E-state index in [2.05, 4.69) is 15.4 Å². The maximum atomic E-state index is 13.1. The molecular weight excluding hydrogens is 365 g/mol. The van der Waals surface area contributed by atoms with Gasteiger partial charge in [-0.25, -0.2) is 4.68 Å². The van der Waals surface area contributed by atoms with Crippen LogP contribution in [-0.2, 0) is 11.0 Å². The average Bonchev–Trinajstić information content (AvgIpc) is 3.25. The van der Waals surface area contributed by atoms with Crippen molar-refractivity contribution in [1.29, 1.82) is 0 Å². The normalized spacial score (nSPS) is 21.0. The van der Waals surface area contributed by atoms with Crippen molar-refractivity contribution in [3.8, 4) is 11.5 Å². The Balaban J connectivity index is 1.69. The lowest BCUT2D eigenvalue weighted by Crippen LogP contribution is -2.31. The second-order valence-corrected chi connectivity index (χ2v) is 6.51. The van der Waals surface area contributed by atoms with Crippen LogP contribution in [0.3, 0.4) is 0 Å². The van der Waals surface area contributed by atoms with Crippen LogP contribution in [0, 0.1) is 0 Å². The fourth-order valence-electron chi connectivity index (χ4n) is 3.67. The first-order valence-corrected chi connectivity index (χ1v) is 8.38. The highest BCUT2D eigenvalue weighted by Gasteiger charge is 2.42. The zero-order valence-electron chi connectivity index (χ0n) is 13.8. The topological polar surface area (TPSA) is 78.3 Å². The lowest BCUT2D eigenvalue weighted by Gasteiger charge is -2.32. The van der Waals surface area contributed by atoms with Crippen molar-refractivity contribution in [3.05, 3.63) is 40.9 Å². The zero-order valence-corrected chi connectivity index (χ0v) is 13.8. The third kappa shape index (κ3) is 2.47. The van der Waals surface area contributed by atoms with E-state index in [9.17, 15) is 18.0 Å². The summed E-state index contributed by atoms with van der Waals surface area (Å²) in [7, 11) is 0. The minimum atomic E-state index is -4.68. The van der Waals surface area contributed by atoms with Crippen LogP contribution in [0.25, 0.3) is 0 Å².